The molecule has 0 saturated carbocycles. The van der Waals surface area contributed by atoms with Crippen molar-refractivity contribution in [2.75, 3.05) is 24.7 Å². The highest BCUT2D eigenvalue weighted by Crippen LogP contribution is 2.21. The highest BCUT2D eigenvalue weighted by atomic mass is 32.2. The van der Waals surface area contributed by atoms with Crippen LogP contribution in [-0.2, 0) is 14.8 Å². The fourth-order valence-electron chi connectivity index (χ4n) is 3.11. The van der Waals surface area contributed by atoms with Crippen LogP contribution in [0.3, 0.4) is 0 Å². The Balaban J connectivity index is 1.90. The molecule has 1 amide bonds. The van der Waals surface area contributed by atoms with Crippen LogP contribution in [0.25, 0.3) is 0 Å². The van der Waals surface area contributed by atoms with Crippen LogP contribution in [0.5, 0.6) is 0 Å². The number of ketones is 1. The van der Waals surface area contributed by atoms with E-state index in [1.807, 2.05) is 0 Å². The van der Waals surface area contributed by atoms with Crippen LogP contribution in [0.15, 0.2) is 35.9 Å². The molecule has 1 aliphatic carbocycles. The minimum Gasteiger partial charge on any atom is -0.326 e. The number of nitrogens with one attached hydrogen (secondary N) is 1. The molecule has 0 spiro atoms. The van der Waals surface area contributed by atoms with E-state index in [0.717, 1.165) is 25.7 Å². The Morgan fingerprint density at radius 2 is 1.96 bits per heavy atom. The van der Waals surface area contributed by atoms with Gasteiger partial charge in [-0.2, -0.15) is 0 Å². The smallest absolute Gasteiger partial charge is 0.225 e. The number of sulfonamides is 1. The van der Waals surface area contributed by atoms with Gasteiger partial charge in [0.05, 0.1) is 6.26 Å². The van der Waals surface area contributed by atoms with Crippen molar-refractivity contribution in [1.82, 2.24) is 4.31 Å². The summed E-state index contributed by atoms with van der Waals surface area (Å²) in [6.07, 6.45) is 8.62. The molecule has 0 bridgehead atoms. The standard InChI is InChI=1S/C20H28N2O4S/c1-16(23)18-9-6-10-19(15-18)21-20(24)12-14-22(27(2,25)26)13-11-17-7-4-3-5-8-17/h6-7,9-10,15H,3-5,8,11-14H2,1-2H3,(H,21,24). The summed E-state index contributed by atoms with van der Waals surface area (Å²) in [5, 5.41) is 2.73. The summed E-state index contributed by atoms with van der Waals surface area (Å²) in [5.41, 5.74) is 2.36. The maximum atomic E-state index is 12.2. The van der Waals surface area contributed by atoms with Crippen molar-refractivity contribution in [2.45, 2.75) is 45.4 Å². The van der Waals surface area contributed by atoms with Gasteiger partial charge >= 0.3 is 0 Å². The third kappa shape index (κ3) is 7.27. The average Bonchev–Trinajstić information content (AvgIpc) is 2.61. The third-order valence-corrected chi connectivity index (χ3v) is 5.98. The maximum absolute atomic E-state index is 12.2. The topological polar surface area (TPSA) is 83.6 Å². The number of allylic oxidation sites excluding steroid dienone is 1. The fraction of sp³-hybridized carbons (Fsp3) is 0.500. The van der Waals surface area contributed by atoms with Gasteiger partial charge in [0.2, 0.25) is 15.9 Å². The molecule has 0 unspecified atom stereocenters. The molecule has 1 N–H and O–H groups in total. The number of benzene rings is 1. The Morgan fingerprint density at radius 3 is 2.59 bits per heavy atom. The van der Waals surface area contributed by atoms with E-state index in [1.165, 1.54) is 29.5 Å². The van der Waals surface area contributed by atoms with E-state index >= 15 is 0 Å². The van der Waals surface area contributed by atoms with Gasteiger partial charge in [-0.25, -0.2) is 12.7 Å². The van der Waals surface area contributed by atoms with Crippen molar-refractivity contribution >= 4 is 27.4 Å². The Hall–Kier alpha value is -1.99. The lowest BCUT2D eigenvalue weighted by Crippen LogP contribution is -2.34. The van der Waals surface area contributed by atoms with E-state index in [2.05, 4.69) is 11.4 Å². The van der Waals surface area contributed by atoms with Crippen molar-refractivity contribution in [3.05, 3.63) is 41.5 Å². The second kappa shape index (κ2) is 9.80. The minimum absolute atomic E-state index is 0.0659. The normalized spacial score (nSPS) is 14.7. The second-order valence-corrected chi connectivity index (χ2v) is 8.94. The minimum atomic E-state index is -3.37. The zero-order valence-corrected chi connectivity index (χ0v) is 16.8. The van der Waals surface area contributed by atoms with Crippen molar-refractivity contribution in [1.29, 1.82) is 0 Å². The summed E-state index contributed by atoms with van der Waals surface area (Å²) < 4.78 is 25.4. The van der Waals surface area contributed by atoms with Gasteiger partial charge in [0.25, 0.3) is 0 Å². The summed E-state index contributed by atoms with van der Waals surface area (Å²) in [5.74, 6) is -0.354. The predicted molar refractivity (Wildman–Crippen MR) is 107 cm³/mol. The molecule has 2 rings (SSSR count). The van der Waals surface area contributed by atoms with E-state index in [9.17, 15) is 18.0 Å². The first-order valence-corrected chi connectivity index (χ1v) is 11.1. The van der Waals surface area contributed by atoms with Crippen molar-refractivity contribution in [2.24, 2.45) is 0 Å². The number of nitrogens with zero attached hydrogens (tertiary/aromatic N) is 1. The number of rotatable bonds is 9. The molecule has 0 aromatic heterocycles. The molecule has 148 valence electrons. The van der Waals surface area contributed by atoms with Crippen LogP contribution in [0.1, 0.15) is 55.8 Å². The zero-order valence-electron chi connectivity index (χ0n) is 16.0. The molecule has 1 aromatic carbocycles. The molecule has 0 radical (unpaired) electrons. The lowest BCUT2D eigenvalue weighted by Gasteiger charge is -2.21. The van der Waals surface area contributed by atoms with E-state index in [4.69, 9.17) is 0 Å². The van der Waals surface area contributed by atoms with Crippen LogP contribution in [-0.4, -0.2) is 43.8 Å². The summed E-state index contributed by atoms with van der Waals surface area (Å²) in [6.45, 7) is 2.01. The third-order valence-electron chi connectivity index (χ3n) is 4.68. The van der Waals surface area contributed by atoms with Crippen molar-refractivity contribution in [3.63, 3.8) is 0 Å². The number of carbonyl (C=O) groups excluding carboxylic acids is 2. The second-order valence-electron chi connectivity index (χ2n) is 6.96. The SMILES string of the molecule is CC(=O)c1cccc(NC(=O)CCN(CCC2=CCCCC2)S(C)(=O)=O)c1. The molecule has 0 saturated heterocycles. The summed E-state index contributed by atoms with van der Waals surface area (Å²) in [6, 6.07) is 6.70. The van der Waals surface area contributed by atoms with Crippen molar-refractivity contribution in [3.8, 4) is 0 Å². The Bertz CT molecular complexity index is 815. The molecule has 1 aliphatic rings. The summed E-state index contributed by atoms with van der Waals surface area (Å²) >= 11 is 0. The largest absolute Gasteiger partial charge is 0.326 e. The lowest BCUT2D eigenvalue weighted by molar-refractivity contribution is -0.116. The average molecular weight is 393 g/mol. The van der Waals surface area contributed by atoms with Gasteiger partial charge in [-0.1, -0.05) is 23.8 Å². The first-order chi connectivity index (χ1) is 12.8. The van der Waals surface area contributed by atoms with Crippen LogP contribution >= 0.6 is 0 Å². The number of Topliss-reactive ketones (excluding diaryl/α,β-unsaturated/α-hetero) is 1. The van der Waals surface area contributed by atoms with Crippen LogP contribution in [0.2, 0.25) is 0 Å². The molecular weight excluding hydrogens is 364 g/mol. The van der Waals surface area contributed by atoms with Crippen LogP contribution in [0, 0.1) is 0 Å². The Kier molecular flexibility index (Phi) is 7.74. The lowest BCUT2D eigenvalue weighted by atomic mass is 9.97. The van der Waals surface area contributed by atoms with Gasteiger partial charge in [0.15, 0.2) is 5.78 Å². The number of hydrogen-bond acceptors (Lipinski definition) is 4. The molecule has 6 nitrogen and oxygen atoms in total. The molecule has 1 aromatic rings. The number of hydrogen-bond donors (Lipinski definition) is 1. The van der Waals surface area contributed by atoms with Gasteiger partial charge in [0.1, 0.15) is 0 Å². The quantitative estimate of drug-likeness (QED) is 0.516. The predicted octanol–water partition coefficient (Wildman–Crippen LogP) is 3.37. The van der Waals surface area contributed by atoms with E-state index in [1.54, 1.807) is 24.3 Å². The zero-order chi connectivity index (χ0) is 19.9. The Morgan fingerprint density at radius 1 is 1.19 bits per heavy atom. The van der Waals surface area contributed by atoms with Crippen LogP contribution < -0.4 is 5.32 Å². The number of carbonyl (C=O) groups is 2. The molecule has 27 heavy (non-hydrogen) atoms. The molecule has 7 heteroatoms. The van der Waals surface area contributed by atoms with Gasteiger partial charge in [0, 0.05) is 30.8 Å². The highest BCUT2D eigenvalue weighted by Gasteiger charge is 2.18. The van der Waals surface area contributed by atoms with E-state index in [-0.39, 0.29) is 24.7 Å². The fourth-order valence-corrected chi connectivity index (χ4v) is 3.96. The van der Waals surface area contributed by atoms with Crippen LogP contribution in [0.4, 0.5) is 5.69 Å². The summed E-state index contributed by atoms with van der Waals surface area (Å²) in [4.78, 5) is 23.6. The number of anilines is 1. The monoisotopic (exact) mass is 392 g/mol. The summed E-state index contributed by atoms with van der Waals surface area (Å²) in [7, 11) is -3.37. The number of amides is 1. The molecular formula is C20H28N2O4S. The molecule has 0 heterocycles. The van der Waals surface area contributed by atoms with Gasteiger partial charge in [-0.15, -0.1) is 0 Å². The highest BCUT2D eigenvalue weighted by molar-refractivity contribution is 7.88. The first-order valence-electron chi connectivity index (χ1n) is 9.29. The van der Waals surface area contributed by atoms with E-state index in [0.29, 0.717) is 17.8 Å². The maximum Gasteiger partial charge on any atom is 0.225 e. The van der Waals surface area contributed by atoms with Gasteiger partial charge < -0.3 is 5.32 Å². The van der Waals surface area contributed by atoms with E-state index < -0.39 is 10.0 Å². The molecule has 0 atom stereocenters. The van der Waals surface area contributed by atoms with Gasteiger partial charge in [-0.3, -0.25) is 9.59 Å². The van der Waals surface area contributed by atoms with Crippen molar-refractivity contribution < 1.29 is 18.0 Å². The van der Waals surface area contributed by atoms with Gasteiger partial charge in [-0.05, 0) is 51.2 Å². The molecule has 0 aliphatic heterocycles. The first kappa shape index (κ1) is 21.3. The Labute approximate surface area is 161 Å². The molecule has 0 fully saturated rings.